The number of nitrogens with two attached hydrogens (primary N) is 1. The van der Waals surface area contributed by atoms with Gasteiger partial charge < -0.3 is 5.73 Å². The van der Waals surface area contributed by atoms with E-state index >= 15 is 0 Å². The van der Waals surface area contributed by atoms with Crippen LogP contribution in [-0.2, 0) is 0 Å². The number of nitrogens with zero attached hydrogens (tertiary/aromatic N) is 1. The maximum Gasteiger partial charge on any atom is 0.165 e. The van der Waals surface area contributed by atoms with Gasteiger partial charge in [0.1, 0.15) is 0 Å². The number of carbonyl (C=O) groups is 1. The Morgan fingerprint density at radius 3 is 2.67 bits per heavy atom. The Morgan fingerprint density at radius 1 is 1.19 bits per heavy atom. The van der Waals surface area contributed by atoms with E-state index in [-0.39, 0.29) is 5.78 Å². The van der Waals surface area contributed by atoms with Crippen LogP contribution in [0.15, 0.2) is 36.7 Å². The molecule has 0 aliphatic carbocycles. The molecule has 0 fully saturated rings. The quantitative estimate of drug-likeness (QED) is 0.786. The van der Waals surface area contributed by atoms with Gasteiger partial charge in [0.15, 0.2) is 5.78 Å². The Kier molecular flexibility index (Phi) is 5.45. The van der Waals surface area contributed by atoms with E-state index in [1.54, 1.807) is 12.4 Å². The molecule has 0 amide bonds. The number of carbonyl (C=O) groups excluding carboxylic acids is 1. The Labute approximate surface area is 126 Å². The number of rotatable bonds is 7. The molecule has 0 saturated heterocycles. The van der Waals surface area contributed by atoms with Crippen molar-refractivity contribution in [3.05, 3.63) is 42.2 Å². The minimum atomic E-state index is 0.182. The van der Waals surface area contributed by atoms with Crippen molar-refractivity contribution in [2.45, 2.75) is 33.1 Å². The molecule has 0 aliphatic heterocycles. The molecule has 3 heteroatoms. The van der Waals surface area contributed by atoms with Gasteiger partial charge in [-0.05, 0) is 36.6 Å². The third-order valence-electron chi connectivity index (χ3n) is 4.19. The summed E-state index contributed by atoms with van der Waals surface area (Å²) in [5.41, 5.74) is 6.40. The summed E-state index contributed by atoms with van der Waals surface area (Å²) in [5, 5.41) is 2.02. The van der Waals surface area contributed by atoms with Gasteiger partial charge in [0.05, 0.1) is 0 Å². The van der Waals surface area contributed by atoms with Crippen LogP contribution in [0.3, 0.4) is 0 Å². The number of benzene rings is 1. The molecule has 1 heterocycles. The molecule has 0 radical (unpaired) electrons. The molecular weight excluding hydrogens is 260 g/mol. The normalized spacial score (nSPS) is 12.8. The summed E-state index contributed by atoms with van der Waals surface area (Å²) in [5.74, 6) is 1.26. The van der Waals surface area contributed by atoms with Crippen LogP contribution in [-0.4, -0.2) is 17.3 Å². The summed E-state index contributed by atoms with van der Waals surface area (Å²) in [6, 6.07) is 7.91. The molecule has 2 rings (SSSR count). The van der Waals surface area contributed by atoms with Crippen molar-refractivity contribution in [2.24, 2.45) is 17.6 Å². The molecule has 1 aromatic carbocycles. The Balaban J connectivity index is 2.12. The highest BCUT2D eigenvalue weighted by Gasteiger charge is 2.16. The molecule has 1 aromatic heterocycles. The van der Waals surface area contributed by atoms with Gasteiger partial charge >= 0.3 is 0 Å². The van der Waals surface area contributed by atoms with Gasteiger partial charge in [0.25, 0.3) is 0 Å². The lowest BCUT2D eigenvalue weighted by Gasteiger charge is -2.19. The van der Waals surface area contributed by atoms with Crippen LogP contribution >= 0.6 is 0 Å². The van der Waals surface area contributed by atoms with E-state index in [4.69, 9.17) is 5.73 Å². The summed E-state index contributed by atoms with van der Waals surface area (Å²) >= 11 is 0. The third kappa shape index (κ3) is 3.88. The topological polar surface area (TPSA) is 56.0 Å². The van der Waals surface area contributed by atoms with E-state index in [1.165, 1.54) is 0 Å². The SMILES string of the molecule is CC(C)C(CCN)CCC(=O)c1cncc2ccccc12. The lowest BCUT2D eigenvalue weighted by atomic mass is 9.87. The van der Waals surface area contributed by atoms with Crippen LogP contribution in [0.1, 0.15) is 43.5 Å². The first-order chi connectivity index (χ1) is 10.1. The van der Waals surface area contributed by atoms with Crippen molar-refractivity contribution < 1.29 is 4.79 Å². The number of fused-ring (bicyclic) bond motifs is 1. The first-order valence-electron chi connectivity index (χ1n) is 7.69. The zero-order valence-corrected chi connectivity index (χ0v) is 12.9. The Bertz CT molecular complexity index is 602. The van der Waals surface area contributed by atoms with E-state index in [9.17, 15) is 4.79 Å². The minimum Gasteiger partial charge on any atom is -0.330 e. The van der Waals surface area contributed by atoms with Crippen molar-refractivity contribution >= 4 is 16.6 Å². The fraction of sp³-hybridized carbons (Fsp3) is 0.444. The van der Waals surface area contributed by atoms with Crippen molar-refractivity contribution in [3.63, 3.8) is 0 Å². The monoisotopic (exact) mass is 284 g/mol. The van der Waals surface area contributed by atoms with Crippen molar-refractivity contribution in [2.75, 3.05) is 6.54 Å². The van der Waals surface area contributed by atoms with Gasteiger partial charge in [-0.15, -0.1) is 0 Å². The molecule has 0 spiro atoms. The fourth-order valence-electron chi connectivity index (χ4n) is 2.81. The summed E-state index contributed by atoms with van der Waals surface area (Å²) in [6.07, 6.45) is 5.95. The predicted octanol–water partition coefficient (Wildman–Crippen LogP) is 3.82. The highest BCUT2D eigenvalue weighted by Crippen LogP contribution is 2.24. The number of Topliss-reactive ketones (excluding diaryl/α,β-unsaturated/α-hetero) is 1. The van der Waals surface area contributed by atoms with E-state index in [2.05, 4.69) is 18.8 Å². The van der Waals surface area contributed by atoms with E-state index < -0.39 is 0 Å². The van der Waals surface area contributed by atoms with Crippen LogP contribution < -0.4 is 5.73 Å². The molecular formula is C18H24N2O. The molecule has 2 aromatic rings. The van der Waals surface area contributed by atoms with Crippen molar-refractivity contribution in [1.29, 1.82) is 0 Å². The second kappa shape index (κ2) is 7.32. The largest absolute Gasteiger partial charge is 0.330 e. The second-order valence-electron chi connectivity index (χ2n) is 5.95. The van der Waals surface area contributed by atoms with Crippen molar-refractivity contribution in [3.8, 4) is 0 Å². The van der Waals surface area contributed by atoms with Gasteiger partial charge in [0, 0.05) is 29.8 Å². The summed E-state index contributed by atoms with van der Waals surface area (Å²) in [7, 11) is 0. The number of aromatic nitrogens is 1. The Morgan fingerprint density at radius 2 is 1.95 bits per heavy atom. The van der Waals surface area contributed by atoms with E-state index in [1.807, 2.05) is 24.3 Å². The zero-order chi connectivity index (χ0) is 15.2. The molecule has 112 valence electrons. The number of hydrogen-bond donors (Lipinski definition) is 1. The molecule has 2 N–H and O–H groups in total. The molecule has 0 saturated carbocycles. The van der Waals surface area contributed by atoms with Crippen LogP contribution in [0.4, 0.5) is 0 Å². The maximum atomic E-state index is 12.5. The fourth-order valence-corrected chi connectivity index (χ4v) is 2.81. The number of hydrogen-bond acceptors (Lipinski definition) is 3. The molecule has 1 unspecified atom stereocenters. The van der Waals surface area contributed by atoms with Crippen LogP contribution in [0.5, 0.6) is 0 Å². The van der Waals surface area contributed by atoms with Crippen molar-refractivity contribution in [1.82, 2.24) is 4.98 Å². The van der Waals surface area contributed by atoms with Crippen LogP contribution in [0.25, 0.3) is 10.8 Å². The van der Waals surface area contributed by atoms with Gasteiger partial charge in [-0.2, -0.15) is 0 Å². The predicted molar refractivity (Wildman–Crippen MR) is 87.3 cm³/mol. The van der Waals surface area contributed by atoms with Crippen LogP contribution in [0.2, 0.25) is 0 Å². The van der Waals surface area contributed by atoms with Gasteiger partial charge in [-0.25, -0.2) is 0 Å². The highest BCUT2D eigenvalue weighted by molar-refractivity contribution is 6.07. The smallest absolute Gasteiger partial charge is 0.165 e. The number of pyridine rings is 1. The lowest BCUT2D eigenvalue weighted by molar-refractivity contribution is 0.0970. The summed E-state index contributed by atoms with van der Waals surface area (Å²) in [6.45, 7) is 5.08. The molecule has 1 atom stereocenters. The van der Waals surface area contributed by atoms with E-state index in [0.717, 1.165) is 29.2 Å². The molecule has 0 bridgehead atoms. The van der Waals surface area contributed by atoms with Gasteiger partial charge in [-0.3, -0.25) is 9.78 Å². The second-order valence-corrected chi connectivity index (χ2v) is 5.95. The summed E-state index contributed by atoms with van der Waals surface area (Å²) in [4.78, 5) is 16.7. The first-order valence-corrected chi connectivity index (χ1v) is 7.69. The average Bonchev–Trinajstić information content (AvgIpc) is 2.50. The molecule has 0 aliphatic rings. The standard InChI is InChI=1S/C18H24N2O/c1-13(2)14(9-10-19)7-8-18(21)17-12-20-11-15-5-3-4-6-16(15)17/h3-6,11-14H,7-10,19H2,1-2H3. The highest BCUT2D eigenvalue weighted by atomic mass is 16.1. The number of ketones is 1. The average molecular weight is 284 g/mol. The zero-order valence-electron chi connectivity index (χ0n) is 12.9. The first kappa shape index (κ1) is 15.6. The third-order valence-corrected chi connectivity index (χ3v) is 4.19. The van der Waals surface area contributed by atoms with E-state index in [0.29, 0.717) is 24.8 Å². The summed E-state index contributed by atoms with van der Waals surface area (Å²) < 4.78 is 0. The minimum absolute atomic E-state index is 0.182. The van der Waals surface area contributed by atoms with Gasteiger partial charge in [-0.1, -0.05) is 38.1 Å². The maximum absolute atomic E-state index is 12.5. The van der Waals surface area contributed by atoms with Crippen LogP contribution in [0, 0.1) is 11.8 Å². The molecule has 3 nitrogen and oxygen atoms in total. The Hall–Kier alpha value is -1.74. The lowest BCUT2D eigenvalue weighted by Crippen LogP contribution is -2.16. The molecule has 21 heavy (non-hydrogen) atoms. The van der Waals surface area contributed by atoms with Gasteiger partial charge in [0.2, 0.25) is 0 Å².